The number of nitrogens with zero attached hydrogens (tertiary/aromatic N) is 3. The summed E-state index contributed by atoms with van der Waals surface area (Å²) in [4.78, 5) is 4.83. The van der Waals surface area contributed by atoms with Crippen LogP contribution in [0.4, 0.5) is 0 Å². The maximum absolute atomic E-state index is 3.98. The molecule has 1 aliphatic heterocycles. The van der Waals surface area contributed by atoms with Crippen molar-refractivity contribution < 1.29 is 0 Å². The Morgan fingerprint density at radius 1 is 1.53 bits per heavy atom. The largest absolute Gasteiger partial charge is 0.307 e. The Kier molecular flexibility index (Phi) is 4.15. The van der Waals surface area contributed by atoms with Crippen LogP contribution in [0.1, 0.15) is 18.7 Å². The molecule has 0 bridgehead atoms. The first kappa shape index (κ1) is 12.5. The van der Waals surface area contributed by atoms with Crippen molar-refractivity contribution in [3.8, 4) is 0 Å². The molecule has 5 nitrogen and oxygen atoms in total. The number of hydrogen-bond acceptors (Lipinski definition) is 4. The number of H-pyrrole nitrogens is 1. The molecule has 1 saturated heterocycles. The third-order valence-electron chi connectivity index (χ3n) is 3.63. The number of rotatable bonds is 4. The number of likely N-dealkylation sites (N-methyl/N-ethyl adjacent to an activating group) is 2. The van der Waals surface area contributed by atoms with Crippen LogP contribution in [-0.4, -0.2) is 66.3 Å². The van der Waals surface area contributed by atoms with Crippen LogP contribution in [0.3, 0.4) is 0 Å². The molecular weight excluding hydrogens is 214 g/mol. The molecule has 2 N–H and O–H groups in total. The second-order valence-corrected chi connectivity index (χ2v) is 5.04. The van der Waals surface area contributed by atoms with E-state index in [1.165, 1.54) is 6.54 Å². The smallest absolute Gasteiger partial charge is 0.0518 e. The number of piperazine rings is 1. The van der Waals surface area contributed by atoms with Crippen LogP contribution >= 0.6 is 0 Å². The highest BCUT2D eigenvalue weighted by Crippen LogP contribution is 2.10. The van der Waals surface area contributed by atoms with E-state index in [1.54, 1.807) is 6.20 Å². The number of hydrogen-bond donors (Lipinski definition) is 2. The molecule has 96 valence electrons. The third-order valence-corrected chi connectivity index (χ3v) is 3.63. The first-order valence-corrected chi connectivity index (χ1v) is 6.28. The molecule has 1 aromatic heterocycles. The summed E-state index contributed by atoms with van der Waals surface area (Å²) in [7, 11) is 4.40. The molecule has 2 atom stereocenters. The van der Waals surface area contributed by atoms with Crippen molar-refractivity contribution in [1.29, 1.82) is 0 Å². The lowest BCUT2D eigenvalue weighted by atomic mass is 10.1. The van der Waals surface area contributed by atoms with Gasteiger partial charge >= 0.3 is 0 Å². The molecule has 0 aliphatic carbocycles. The molecule has 17 heavy (non-hydrogen) atoms. The van der Waals surface area contributed by atoms with E-state index in [0.29, 0.717) is 12.1 Å². The van der Waals surface area contributed by atoms with E-state index in [9.17, 15) is 0 Å². The molecule has 1 aromatic rings. The van der Waals surface area contributed by atoms with E-state index in [1.807, 2.05) is 6.07 Å². The zero-order chi connectivity index (χ0) is 12.3. The van der Waals surface area contributed by atoms with Gasteiger partial charge in [0.1, 0.15) is 0 Å². The molecule has 0 amide bonds. The van der Waals surface area contributed by atoms with Crippen LogP contribution < -0.4 is 5.32 Å². The molecule has 0 spiro atoms. The second-order valence-electron chi connectivity index (χ2n) is 5.04. The van der Waals surface area contributed by atoms with Gasteiger partial charge in [-0.1, -0.05) is 0 Å². The van der Waals surface area contributed by atoms with E-state index in [0.717, 1.165) is 25.3 Å². The summed E-state index contributed by atoms with van der Waals surface area (Å²) in [5.41, 5.74) is 1.15. The molecule has 1 aliphatic rings. The highest BCUT2D eigenvalue weighted by atomic mass is 15.3. The Labute approximate surface area is 103 Å². The molecule has 0 saturated carbocycles. The van der Waals surface area contributed by atoms with Crippen LogP contribution in [0.15, 0.2) is 12.3 Å². The van der Waals surface area contributed by atoms with Gasteiger partial charge < -0.3 is 10.2 Å². The SMILES string of the molecule is CC(NCC1CN(C)CCN1C)c1ccn[nH]1. The van der Waals surface area contributed by atoms with Crippen LogP contribution in [0.2, 0.25) is 0 Å². The standard InChI is InChI=1S/C12H23N5/c1-10(12-4-5-14-15-12)13-8-11-9-16(2)6-7-17(11)3/h4-5,10-11,13H,6-9H2,1-3H3,(H,14,15). The Balaban J connectivity index is 1.81. The molecular formula is C12H23N5. The minimum Gasteiger partial charge on any atom is -0.307 e. The average molecular weight is 237 g/mol. The first-order chi connectivity index (χ1) is 8.16. The lowest BCUT2D eigenvalue weighted by Gasteiger charge is -2.38. The fourth-order valence-electron chi connectivity index (χ4n) is 2.25. The van der Waals surface area contributed by atoms with E-state index < -0.39 is 0 Å². The van der Waals surface area contributed by atoms with Crippen molar-refractivity contribution in [3.63, 3.8) is 0 Å². The molecule has 2 heterocycles. The maximum atomic E-state index is 3.98. The van der Waals surface area contributed by atoms with Gasteiger partial charge in [0.05, 0.1) is 5.69 Å². The topological polar surface area (TPSA) is 47.2 Å². The van der Waals surface area contributed by atoms with Gasteiger partial charge in [0, 0.05) is 44.5 Å². The lowest BCUT2D eigenvalue weighted by Crippen LogP contribution is -2.53. The highest BCUT2D eigenvalue weighted by molar-refractivity contribution is 5.03. The molecule has 5 heteroatoms. The molecule has 1 fully saturated rings. The van der Waals surface area contributed by atoms with Gasteiger partial charge in [-0.15, -0.1) is 0 Å². The van der Waals surface area contributed by atoms with Gasteiger partial charge in [0.15, 0.2) is 0 Å². The summed E-state index contributed by atoms with van der Waals surface area (Å²) in [6.45, 7) is 6.64. The maximum Gasteiger partial charge on any atom is 0.0518 e. The van der Waals surface area contributed by atoms with Gasteiger partial charge in [-0.2, -0.15) is 5.10 Å². The van der Waals surface area contributed by atoms with Gasteiger partial charge in [-0.05, 0) is 27.1 Å². The van der Waals surface area contributed by atoms with Crippen molar-refractivity contribution in [3.05, 3.63) is 18.0 Å². The summed E-state index contributed by atoms with van der Waals surface area (Å²) in [6, 6.07) is 2.95. The molecule has 2 rings (SSSR count). The zero-order valence-electron chi connectivity index (χ0n) is 11.0. The average Bonchev–Trinajstić information content (AvgIpc) is 2.83. The predicted molar refractivity (Wildman–Crippen MR) is 68.9 cm³/mol. The quantitative estimate of drug-likeness (QED) is 0.791. The molecule has 0 radical (unpaired) electrons. The Hall–Kier alpha value is -0.910. The summed E-state index contributed by atoms with van der Waals surface area (Å²) < 4.78 is 0. The minimum atomic E-state index is 0.332. The van der Waals surface area contributed by atoms with Crippen molar-refractivity contribution in [2.75, 3.05) is 40.3 Å². The monoisotopic (exact) mass is 237 g/mol. The van der Waals surface area contributed by atoms with Gasteiger partial charge in [0.2, 0.25) is 0 Å². The fourth-order valence-corrected chi connectivity index (χ4v) is 2.25. The van der Waals surface area contributed by atoms with E-state index in [-0.39, 0.29) is 0 Å². The van der Waals surface area contributed by atoms with Crippen LogP contribution in [0.25, 0.3) is 0 Å². The summed E-state index contributed by atoms with van der Waals surface area (Å²) in [5, 5.41) is 10.6. The summed E-state index contributed by atoms with van der Waals surface area (Å²) >= 11 is 0. The Bertz CT molecular complexity index is 324. The van der Waals surface area contributed by atoms with E-state index in [4.69, 9.17) is 0 Å². The zero-order valence-corrected chi connectivity index (χ0v) is 11.0. The molecule has 0 aromatic carbocycles. The van der Waals surface area contributed by atoms with Crippen molar-refractivity contribution in [2.45, 2.75) is 19.0 Å². The van der Waals surface area contributed by atoms with E-state index >= 15 is 0 Å². The number of aromatic nitrogens is 2. The number of nitrogens with one attached hydrogen (secondary N) is 2. The third kappa shape index (κ3) is 3.28. The van der Waals surface area contributed by atoms with Crippen molar-refractivity contribution >= 4 is 0 Å². The lowest BCUT2D eigenvalue weighted by molar-refractivity contribution is 0.111. The Morgan fingerprint density at radius 3 is 3.06 bits per heavy atom. The van der Waals surface area contributed by atoms with E-state index in [2.05, 4.69) is 46.3 Å². The Morgan fingerprint density at radius 2 is 2.35 bits per heavy atom. The van der Waals surface area contributed by atoms with Crippen molar-refractivity contribution in [1.82, 2.24) is 25.3 Å². The van der Waals surface area contributed by atoms with Crippen LogP contribution in [0.5, 0.6) is 0 Å². The predicted octanol–water partition coefficient (Wildman–Crippen LogP) is 0.306. The summed E-state index contributed by atoms with van der Waals surface area (Å²) in [5.74, 6) is 0. The van der Waals surface area contributed by atoms with Gasteiger partial charge in [-0.25, -0.2) is 0 Å². The van der Waals surface area contributed by atoms with Gasteiger partial charge in [-0.3, -0.25) is 10.00 Å². The van der Waals surface area contributed by atoms with Crippen LogP contribution in [0, 0.1) is 0 Å². The van der Waals surface area contributed by atoms with Crippen LogP contribution in [-0.2, 0) is 0 Å². The minimum absolute atomic E-state index is 0.332. The number of aromatic amines is 1. The van der Waals surface area contributed by atoms with Crippen molar-refractivity contribution in [2.24, 2.45) is 0 Å². The first-order valence-electron chi connectivity index (χ1n) is 6.28. The second kappa shape index (κ2) is 5.62. The highest BCUT2D eigenvalue weighted by Gasteiger charge is 2.22. The fraction of sp³-hybridized carbons (Fsp3) is 0.750. The van der Waals surface area contributed by atoms with Gasteiger partial charge in [0.25, 0.3) is 0 Å². The summed E-state index contributed by atoms with van der Waals surface area (Å²) in [6.07, 6.45) is 1.80. The molecule has 2 unspecified atom stereocenters. The normalized spacial score (nSPS) is 25.0.